The highest BCUT2D eigenvalue weighted by atomic mass is 16.6. The summed E-state index contributed by atoms with van der Waals surface area (Å²) in [6.07, 6.45) is 74.2. The zero-order chi connectivity index (χ0) is 49.0. The van der Waals surface area contributed by atoms with Gasteiger partial charge in [0.05, 0.1) is 31.0 Å². The second-order valence-electron chi connectivity index (χ2n) is 22.1. The molecule has 0 aromatic carbocycles. The van der Waals surface area contributed by atoms with Gasteiger partial charge in [-0.2, -0.15) is 0 Å². The Morgan fingerprint density at radius 3 is 0.912 bits per heavy atom. The molecule has 1 rings (SSSR count). The van der Waals surface area contributed by atoms with Crippen LogP contribution in [0.5, 0.6) is 0 Å². The summed E-state index contributed by atoms with van der Waals surface area (Å²) >= 11 is 0. The largest absolute Gasteiger partial charge is 0.465 e. The van der Waals surface area contributed by atoms with Crippen molar-refractivity contribution in [2.45, 2.75) is 334 Å². The van der Waals surface area contributed by atoms with Crippen molar-refractivity contribution in [1.29, 1.82) is 0 Å². The number of ether oxygens (including phenoxy) is 2. The molecule has 2 N–H and O–H groups in total. The summed E-state index contributed by atoms with van der Waals surface area (Å²) in [5, 5.41) is 19.2. The Hall–Kier alpha value is -1.40. The molecule has 0 saturated carbocycles. The quantitative estimate of drug-likeness (QED) is 0.0358. The lowest BCUT2D eigenvalue weighted by Gasteiger charge is -2.27. The zero-order valence-corrected chi connectivity index (χ0v) is 45.7. The number of aliphatic hydroxyl groups is 2. The SMILES string of the molecule is CCCCCCCCCCCCCCCCCCCCCCCCCCC/C=C/CCCCCCCCCCCCCCCCCCCCCCCCC1CC(=O)OCC(CO)(CO)COC1=O. The summed E-state index contributed by atoms with van der Waals surface area (Å²) in [4.78, 5) is 24.7. The van der Waals surface area contributed by atoms with E-state index in [9.17, 15) is 19.8 Å². The van der Waals surface area contributed by atoms with Crippen molar-refractivity contribution in [2.75, 3.05) is 26.4 Å². The van der Waals surface area contributed by atoms with Crippen LogP contribution in [0, 0.1) is 11.3 Å². The first-order chi connectivity index (χ1) is 33.6. The van der Waals surface area contributed by atoms with Crippen LogP contribution in [0.2, 0.25) is 0 Å². The Bertz CT molecular complexity index is 1070. The van der Waals surface area contributed by atoms with Crippen molar-refractivity contribution in [3.63, 3.8) is 0 Å². The van der Waals surface area contributed by atoms with E-state index in [4.69, 9.17) is 9.47 Å². The van der Waals surface area contributed by atoms with E-state index in [1.54, 1.807) is 0 Å². The maximum atomic E-state index is 12.5. The van der Waals surface area contributed by atoms with Gasteiger partial charge in [-0.1, -0.05) is 308 Å². The van der Waals surface area contributed by atoms with Gasteiger partial charge in [-0.05, 0) is 32.1 Å². The number of hydrogen-bond donors (Lipinski definition) is 2. The monoisotopic (exact) mass is 959 g/mol. The predicted molar refractivity (Wildman–Crippen MR) is 292 cm³/mol. The smallest absolute Gasteiger partial charge is 0.309 e. The molecule has 0 aromatic heterocycles. The van der Waals surface area contributed by atoms with E-state index in [1.807, 2.05) is 0 Å². The average molecular weight is 960 g/mol. The highest BCUT2D eigenvalue weighted by molar-refractivity contribution is 5.80. The molecule has 402 valence electrons. The summed E-state index contributed by atoms with van der Waals surface area (Å²) in [6, 6.07) is 0. The van der Waals surface area contributed by atoms with Crippen LogP contribution >= 0.6 is 0 Å². The van der Waals surface area contributed by atoms with Gasteiger partial charge in [0.25, 0.3) is 0 Å². The molecule has 1 fully saturated rings. The lowest BCUT2D eigenvalue weighted by molar-refractivity contribution is -0.155. The topological polar surface area (TPSA) is 93.1 Å². The van der Waals surface area contributed by atoms with Crippen molar-refractivity contribution in [3.05, 3.63) is 12.2 Å². The third-order valence-corrected chi connectivity index (χ3v) is 15.3. The van der Waals surface area contributed by atoms with Gasteiger partial charge >= 0.3 is 11.9 Å². The summed E-state index contributed by atoms with van der Waals surface area (Å²) in [7, 11) is 0. The molecule has 0 aromatic rings. The van der Waals surface area contributed by atoms with Gasteiger partial charge in [0.15, 0.2) is 0 Å². The van der Waals surface area contributed by atoms with Crippen LogP contribution in [-0.2, 0) is 19.1 Å². The first kappa shape index (κ1) is 64.6. The number of carbonyl (C=O) groups excluding carboxylic acids is 2. The summed E-state index contributed by atoms with van der Waals surface area (Å²) < 4.78 is 10.6. The molecule has 1 aliphatic heterocycles. The van der Waals surface area contributed by atoms with Crippen molar-refractivity contribution in [1.82, 2.24) is 0 Å². The summed E-state index contributed by atoms with van der Waals surface area (Å²) in [5.41, 5.74) is -1.12. The molecule has 1 atom stereocenters. The van der Waals surface area contributed by atoms with Gasteiger partial charge in [-0.15, -0.1) is 0 Å². The van der Waals surface area contributed by atoms with Crippen molar-refractivity contribution in [2.24, 2.45) is 11.3 Å². The van der Waals surface area contributed by atoms with Gasteiger partial charge < -0.3 is 19.7 Å². The van der Waals surface area contributed by atoms with Crippen LogP contribution in [0.3, 0.4) is 0 Å². The standard InChI is InChI=1S/C62H118O6/c1-2-3-4-5-6-7-8-9-10-11-12-13-14-15-16-17-18-19-20-21-22-23-24-25-26-27-28-29-30-31-32-33-34-35-36-37-38-39-40-41-42-43-44-45-46-47-48-49-50-51-52-53-59-54-60(65)67-57-62(55-63,56-64)58-68-61(59)66/h28-29,59,63-64H,2-27,30-58H2,1H3/b29-28+. The van der Waals surface area contributed by atoms with Gasteiger partial charge in [-0.3, -0.25) is 9.59 Å². The second-order valence-corrected chi connectivity index (χ2v) is 22.1. The van der Waals surface area contributed by atoms with Crippen LogP contribution in [0.15, 0.2) is 12.2 Å². The molecule has 6 nitrogen and oxygen atoms in total. The van der Waals surface area contributed by atoms with E-state index in [0.29, 0.717) is 6.42 Å². The third kappa shape index (κ3) is 43.4. The number of cyclic esters (lactones) is 2. The first-order valence-electron chi connectivity index (χ1n) is 30.8. The van der Waals surface area contributed by atoms with Crippen molar-refractivity contribution >= 4 is 11.9 Å². The third-order valence-electron chi connectivity index (χ3n) is 15.3. The lowest BCUT2D eigenvalue weighted by atomic mass is 9.92. The number of aliphatic hydroxyl groups excluding tert-OH is 2. The van der Waals surface area contributed by atoms with Crippen LogP contribution in [-0.4, -0.2) is 48.6 Å². The highest BCUT2D eigenvalue weighted by Crippen LogP contribution is 2.25. The first-order valence-corrected chi connectivity index (χ1v) is 30.8. The summed E-state index contributed by atoms with van der Waals surface area (Å²) in [6.45, 7) is 1.21. The van der Waals surface area contributed by atoms with Crippen LogP contribution < -0.4 is 0 Å². The molecule has 1 saturated heterocycles. The van der Waals surface area contributed by atoms with Gasteiger partial charge in [0, 0.05) is 0 Å². The molecule has 0 bridgehead atoms. The molecule has 0 spiro atoms. The van der Waals surface area contributed by atoms with Crippen LogP contribution in [0.4, 0.5) is 0 Å². The normalized spacial score (nSPS) is 15.4. The van der Waals surface area contributed by atoms with Gasteiger partial charge in [0.2, 0.25) is 0 Å². The molecular weight excluding hydrogens is 841 g/mol. The maximum absolute atomic E-state index is 12.5. The van der Waals surface area contributed by atoms with E-state index in [1.165, 1.54) is 295 Å². The Balaban J connectivity index is 1.69. The molecule has 0 radical (unpaired) electrons. The number of esters is 2. The molecule has 1 unspecified atom stereocenters. The fourth-order valence-electron chi connectivity index (χ4n) is 10.2. The highest BCUT2D eigenvalue weighted by Gasteiger charge is 2.36. The van der Waals surface area contributed by atoms with Crippen LogP contribution in [0.25, 0.3) is 0 Å². The Morgan fingerprint density at radius 2 is 0.632 bits per heavy atom. The number of unbranched alkanes of at least 4 members (excludes halogenated alkanes) is 47. The molecule has 1 heterocycles. The Morgan fingerprint density at radius 1 is 0.382 bits per heavy atom. The molecule has 1 aliphatic rings. The minimum Gasteiger partial charge on any atom is -0.465 e. The Labute approximate surface area is 423 Å². The van der Waals surface area contributed by atoms with E-state index in [-0.39, 0.29) is 19.6 Å². The molecule has 0 amide bonds. The minimum atomic E-state index is -1.12. The van der Waals surface area contributed by atoms with E-state index >= 15 is 0 Å². The van der Waals surface area contributed by atoms with Crippen molar-refractivity contribution < 1.29 is 29.3 Å². The minimum absolute atomic E-state index is 0.00424. The second kappa shape index (κ2) is 51.9. The molecular formula is C62H118O6. The van der Waals surface area contributed by atoms with Crippen molar-refractivity contribution in [3.8, 4) is 0 Å². The van der Waals surface area contributed by atoms with E-state index < -0.39 is 36.5 Å². The fraction of sp³-hybridized carbons (Fsp3) is 0.935. The number of rotatable bonds is 53. The van der Waals surface area contributed by atoms with Gasteiger partial charge in [0.1, 0.15) is 13.2 Å². The number of carbonyl (C=O) groups is 2. The van der Waals surface area contributed by atoms with E-state index in [0.717, 1.165) is 19.3 Å². The zero-order valence-electron chi connectivity index (χ0n) is 45.7. The average Bonchev–Trinajstić information content (AvgIpc) is 3.40. The molecule has 0 aliphatic carbocycles. The number of hydrogen-bond acceptors (Lipinski definition) is 6. The maximum Gasteiger partial charge on any atom is 0.309 e. The predicted octanol–water partition coefficient (Wildman–Crippen LogP) is 19.1. The van der Waals surface area contributed by atoms with Crippen LogP contribution in [0.1, 0.15) is 334 Å². The summed E-state index contributed by atoms with van der Waals surface area (Å²) in [5.74, 6) is -1.40. The number of allylic oxidation sites excluding steroid dienone is 2. The molecule has 68 heavy (non-hydrogen) atoms. The fourth-order valence-corrected chi connectivity index (χ4v) is 10.2. The van der Waals surface area contributed by atoms with Gasteiger partial charge in [-0.25, -0.2) is 0 Å². The lowest BCUT2D eigenvalue weighted by Crippen LogP contribution is -2.40. The Kier molecular flexibility index (Phi) is 49.4. The molecule has 6 heteroatoms. The van der Waals surface area contributed by atoms with E-state index in [2.05, 4.69) is 19.1 Å².